The standard InChI is InChI=1S/C20H23ClN2O2/c1-13-8-19-20(9-14(13)2)23(12-22-19)10-18(24)11-25-15(3)16-4-6-17(21)7-5-16/h4-9,12,15,18,24H,10-11H2,1-3H3/t15-,18-/m1/s1. The van der Waals surface area contributed by atoms with Gasteiger partial charge in [0.2, 0.25) is 0 Å². The van der Waals surface area contributed by atoms with E-state index >= 15 is 0 Å². The van der Waals surface area contributed by atoms with Crippen LogP contribution in [-0.4, -0.2) is 27.4 Å². The van der Waals surface area contributed by atoms with Gasteiger partial charge in [-0.1, -0.05) is 23.7 Å². The average molecular weight is 359 g/mol. The molecule has 132 valence electrons. The van der Waals surface area contributed by atoms with Gasteiger partial charge in [-0.2, -0.15) is 0 Å². The molecule has 1 N–H and O–H groups in total. The van der Waals surface area contributed by atoms with Crippen LogP contribution in [0.4, 0.5) is 0 Å². The minimum Gasteiger partial charge on any atom is -0.389 e. The molecule has 2 aromatic carbocycles. The summed E-state index contributed by atoms with van der Waals surface area (Å²) in [5.41, 5.74) is 5.46. The summed E-state index contributed by atoms with van der Waals surface area (Å²) in [6.07, 6.45) is 1.07. The van der Waals surface area contributed by atoms with Crippen LogP contribution in [0.15, 0.2) is 42.7 Å². The van der Waals surface area contributed by atoms with E-state index in [2.05, 4.69) is 31.0 Å². The lowest BCUT2D eigenvalue weighted by molar-refractivity contribution is -0.00834. The maximum Gasteiger partial charge on any atom is 0.0959 e. The number of aliphatic hydroxyl groups is 1. The molecule has 0 aliphatic carbocycles. The van der Waals surface area contributed by atoms with Crippen molar-refractivity contribution in [3.8, 4) is 0 Å². The fourth-order valence-corrected chi connectivity index (χ4v) is 2.95. The summed E-state index contributed by atoms with van der Waals surface area (Å²) >= 11 is 5.90. The van der Waals surface area contributed by atoms with Crippen molar-refractivity contribution < 1.29 is 9.84 Å². The highest BCUT2D eigenvalue weighted by Gasteiger charge is 2.13. The van der Waals surface area contributed by atoms with Crippen molar-refractivity contribution in [1.82, 2.24) is 9.55 Å². The van der Waals surface area contributed by atoms with Crippen molar-refractivity contribution in [3.05, 3.63) is 64.4 Å². The molecule has 4 nitrogen and oxygen atoms in total. The summed E-state index contributed by atoms with van der Waals surface area (Å²) in [4.78, 5) is 4.42. The van der Waals surface area contributed by atoms with Crippen LogP contribution in [0.25, 0.3) is 11.0 Å². The van der Waals surface area contributed by atoms with Crippen LogP contribution < -0.4 is 0 Å². The molecule has 0 fully saturated rings. The Hall–Kier alpha value is -1.88. The number of hydrogen-bond donors (Lipinski definition) is 1. The summed E-state index contributed by atoms with van der Waals surface area (Å²) in [5, 5.41) is 11.1. The van der Waals surface area contributed by atoms with Crippen LogP contribution in [0, 0.1) is 13.8 Å². The molecule has 3 rings (SSSR count). The van der Waals surface area contributed by atoms with Crippen LogP contribution in [0.5, 0.6) is 0 Å². The summed E-state index contributed by atoms with van der Waals surface area (Å²) in [6, 6.07) is 11.8. The Kier molecular flexibility index (Phi) is 5.42. The van der Waals surface area contributed by atoms with E-state index in [0.29, 0.717) is 11.6 Å². The van der Waals surface area contributed by atoms with E-state index in [9.17, 15) is 5.11 Å². The lowest BCUT2D eigenvalue weighted by atomic mass is 10.1. The predicted octanol–water partition coefficient (Wildman–Crippen LogP) is 4.45. The molecule has 0 radical (unpaired) electrons. The second kappa shape index (κ2) is 7.56. The minimum atomic E-state index is -0.603. The first kappa shape index (κ1) is 17.9. The Bertz CT molecular complexity index is 858. The first-order valence-corrected chi connectivity index (χ1v) is 8.79. The molecule has 0 unspecified atom stereocenters. The zero-order valence-electron chi connectivity index (χ0n) is 14.7. The van der Waals surface area contributed by atoms with Gasteiger partial charge in [0.05, 0.1) is 42.7 Å². The molecule has 3 aromatic rings. The number of nitrogens with zero attached hydrogens (tertiary/aromatic N) is 2. The van der Waals surface area contributed by atoms with E-state index in [0.717, 1.165) is 16.6 Å². The number of imidazole rings is 1. The van der Waals surface area contributed by atoms with Gasteiger partial charge in [-0.3, -0.25) is 0 Å². The first-order valence-electron chi connectivity index (χ1n) is 8.41. The van der Waals surface area contributed by atoms with E-state index < -0.39 is 6.10 Å². The van der Waals surface area contributed by atoms with E-state index in [4.69, 9.17) is 16.3 Å². The van der Waals surface area contributed by atoms with E-state index in [-0.39, 0.29) is 12.7 Å². The van der Waals surface area contributed by atoms with Crippen molar-refractivity contribution in [2.45, 2.75) is 39.5 Å². The van der Waals surface area contributed by atoms with Gasteiger partial charge in [0.25, 0.3) is 0 Å². The van der Waals surface area contributed by atoms with Crippen LogP contribution in [-0.2, 0) is 11.3 Å². The van der Waals surface area contributed by atoms with Crippen LogP contribution in [0.1, 0.15) is 29.7 Å². The summed E-state index contributed by atoms with van der Waals surface area (Å²) in [5.74, 6) is 0. The molecule has 0 aliphatic heterocycles. The molecule has 0 bridgehead atoms. The summed E-state index contributed by atoms with van der Waals surface area (Å²) < 4.78 is 7.78. The highest BCUT2D eigenvalue weighted by atomic mass is 35.5. The molecular formula is C20H23ClN2O2. The zero-order valence-corrected chi connectivity index (χ0v) is 15.5. The maximum absolute atomic E-state index is 10.3. The highest BCUT2D eigenvalue weighted by molar-refractivity contribution is 6.30. The van der Waals surface area contributed by atoms with Gasteiger partial charge in [-0.05, 0) is 61.7 Å². The molecule has 1 heterocycles. The molecule has 0 aliphatic rings. The number of fused-ring (bicyclic) bond motifs is 1. The van der Waals surface area contributed by atoms with E-state index in [1.165, 1.54) is 11.1 Å². The third-order valence-corrected chi connectivity index (χ3v) is 4.77. The van der Waals surface area contributed by atoms with Gasteiger partial charge in [0.1, 0.15) is 0 Å². The predicted molar refractivity (Wildman–Crippen MR) is 101 cm³/mol. The van der Waals surface area contributed by atoms with Crippen molar-refractivity contribution in [2.24, 2.45) is 0 Å². The lowest BCUT2D eigenvalue weighted by Gasteiger charge is -2.17. The molecule has 0 saturated carbocycles. The van der Waals surface area contributed by atoms with Crippen molar-refractivity contribution in [1.29, 1.82) is 0 Å². The Morgan fingerprint density at radius 2 is 1.84 bits per heavy atom. The Morgan fingerprint density at radius 3 is 2.56 bits per heavy atom. The molecule has 2 atom stereocenters. The van der Waals surface area contributed by atoms with Crippen LogP contribution in [0.3, 0.4) is 0 Å². The topological polar surface area (TPSA) is 47.3 Å². The Labute approximate surface area is 153 Å². The SMILES string of the molecule is Cc1cc2ncn(C[C@@H](O)CO[C@H](C)c3ccc(Cl)cc3)c2cc1C. The zero-order chi connectivity index (χ0) is 18.0. The van der Waals surface area contributed by atoms with Gasteiger partial charge in [0.15, 0.2) is 0 Å². The van der Waals surface area contributed by atoms with Crippen LogP contribution >= 0.6 is 11.6 Å². The van der Waals surface area contributed by atoms with E-state index in [1.807, 2.05) is 35.8 Å². The van der Waals surface area contributed by atoms with Gasteiger partial charge < -0.3 is 14.4 Å². The number of aliphatic hydroxyl groups excluding tert-OH is 1. The fourth-order valence-electron chi connectivity index (χ4n) is 2.82. The first-order chi connectivity index (χ1) is 11.9. The normalized spacial score (nSPS) is 14.0. The number of rotatable bonds is 6. The van der Waals surface area contributed by atoms with Crippen molar-refractivity contribution >= 4 is 22.6 Å². The number of hydrogen-bond acceptors (Lipinski definition) is 3. The molecule has 0 amide bonds. The fraction of sp³-hybridized carbons (Fsp3) is 0.350. The largest absolute Gasteiger partial charge is 0.389 e. The highest BCUT2D eigenvalue weighted by Crippen LogP contribution is 2.21. The van der Waals surface area contributed by atoms with Gasteiger partial charge in [0, 0.05) is 5.02 Å². The molecular weight excluding hydrogens is 336 g/mol. The van der Waals surface area contributed by atoms with Gasteiger partial charge >= 0.3 is 0 Å². The molecule has 0 spiro atoms. The Morgan fingerprint density at radius 1 is 1.16 bits per heavy atom. The quantitative estimate of drug-likeness (QED) is 0.708. The molecule has 25 heavy (non-hydrogen) atoms. The second-order valence-electron chi connectivity index (χ2n) is 6.50. The average Bonchev–Trinajstić information content (AvgIpc) is 2.95. The number of aryl methyl sites for hydroxylation is 2. The third kappa shape index (κ3) is 4.21. The van der Waals surface area contributed by atoms with E-state index in [1.54, 1.807) is 6.33 Å². The molecule has 1 aromatic heterocycles. The number of ether oxygens (including phenoxy) is 1. The smallest absolute Gasteiger partial charge is 0.0959 e. The van der Waals surface area contributed by atoms with Gasteiger partial charge in [-0.25, -0.2) is 4.98 Å². The molecule has 0 saturated heterocycles. The Balaban J connectivity index is 1.62. The third-order valence-electron chi connectivity index (χ3n) is 4.52. The monoisotopic (exact) mass is 358 g/mol. The number of benzene rings is 2. The van der Waals surface area contributed by atoms with Gasteiger partial charge in [-0.15, -0.1) is 0 Å². The van der Waals surface area contributed by atoms with Crippen LogP contribution in [0.2, 0.25) is 5.02 Å². The maximum atomic E-state index is 10.3. The lowest BCUT2D eigenvalue weighted by Crippen LogP contribution is -2.22. The van der Waals surface area contributed by atoms with Crippen molar-refractivity contribution in [2.75, 3.05) is 6.61 Å². The van der Waals surface area contributed by atoms with Crippen molar-refractivity contribution in [3.63, 3.8) is 0 Å². The summed E-state index contributed by atoms with van der Waals surface area (Å²) in [7, 11) is 0. The minimum absolute atomic E-state index is 0.101. The number of aromatic nitrogens is 2. The molecule has 5 heteroatoms. The second-order valence-corrected chi connectivity index (χ2v) is 6.94. The number of halogens is 1. The summed E-state index contributed by atoms with van der Waals surface area (Å²) in [6.45, 7) is 6.84.